The van der Waals surface area contributed by atoms with Gasteiger partial charge in [-0.3, -0.25) is 4.79 Å². The first kappa shape index (κ1) is 21.8. The molecule has 30 heavy (non-hydrogen) atoms. The third-order valence-corrected chi connectivity index (χ3v) is 6.10. The summed E-state index contributed by atoms with van der Waals surface area (Å²) in [5, 5.41) is 7.54. The van der Waals surface area contributed by atoms with Crippen LogP contribution < -0.4 is 14.8 Å². The molecule has 2 aromatic heterocycles. The Morgan fingerprint density at radius 2 is 1.90 bits per heavy atom. The summed E-state index contributed by atoms with van der Waals surface area (Å²) in [4.78, 5) is 30.6. The highest BCUT2D eigenvalue weighted by molar-refractivity contribution is 7.10. The minimum Gasteiger partial charge on any atom is -0.493 e. The Hall–Kier alpha value is -2.91. The monoisotopic (exact) mass is 446 g/mol. The first-order valence-corrected chi connectivity index (χ1v) is 11.0. The zero-order valence-corrected chi connectivity index (χ0v) is 18.5. The molecule has 1 N–H and O–H groups in total. The van der Waals surface area contributed by atoms with Gasteiger partial charge in [0.25, 0.3) is 0 Å². The van der Waals surface area contributed by atoms with Crippen molar-refractivity contribution < 1.29 is 23.8 Å². The second-order valence-electron chi connectivity index (χ2n) is 6.22. The highest BCUT2D eigenvalue weighted by Gasteiger charge is 2.20. The summed E-state index contributed by atoms with van der Waals surface area (Å²) in [5.74, 6) is -0.0746. The smallest absolute Gasteiger partial charge is 0.340 e. The molecule has 3 aromatic rings. The Kier molecular flexibility index (Phi) is 7.42. The molecule has 7 nitrogen and oxygen atoms in total. The molecule has 3 rings (SSSR count). The zero-order valence-electron chi connectivity index (χ0n) is 16.9. The summed E-state index contributed by atoms with van der Waals surface area (Å²) in [6, 6.07) is 6.82. The van der Waals surface area contributed by atoms with Crippen LogP contribution >= 0.6 is 22.7 Å². The van der Waals surface area contributed by atoms with Crippen LogP contribution in [0.2, 0.25) is 0 Å². The molecule has 2 heterocycles. The number of thiophene rings is 1. The lowest BCUT2D eigenvalue weighted by molar-refractivity contribution is -0.115. The van der Waals surface area contributed by atoms with Crippen molar-refractivity contribution in [3.63, 3.8) is 0 Å². The van der Waals surface area contributed by atoms with E-state index in [1.807, 2.05) is 29.8 Å². The van der Waals surface area contributed by atoms with Crippen LogP contribution in [0.5, 0.6) is 11.5 Å². The van der Waals surface area contributed by atoms with Crippen LogP contribution in [-0.2, 0) is 29.0 Å². The summed E-state index contributed by atoms with van der Waals surface area (Å²) in [6.07, 6.45) is 1.04. The van der Waals surface area contributed by atoms with Crippen LogP contribution in [0.15, 0.2) is 35.0 Å². The number of ether oxygens (including phenoxy) is 3. The lowest BCUT2D eigenvalue weighted by atomic mass is 10.1. The van der Waals surface area contributed by atoms with Crippen molar-refractivity contribution in [2.24, 2.45) is 0 Å². The summed E-state index contributed by atoms with van der Waals surface area (Å²) in [5.41, 5.74) is 1.17. The van der Waals surface area contributed by atoms with Gasteiger partial charge in [-0.2, -0.15) is 0 Å². The van der Waals surface area contributed by atoms with Crippen molar-refractivity contribution in [2.75, 3.05) is 19.5 Å². The van der Waals surface area contributed by atoms with E-state index in [4.69, 9.17) is 14.2 Å². The predicted octanol–water partition coefficient (Wildman–Crippen LogP) is 4.32. The number of hydrogen-bond acceptors (Lipinski definition) is 8. The second kappa shape index (κ2) is 10.2. The molecular weight excluding hydrogens is 424 g/mol. The fraction of sp³-hybridized carbons (Fsp3) is 0.286. The lowest BCUT2D eigenvalue weighted by Crippen LogP contribution is -2.17. The van der Waals surface area contributed by atoms with Gasteiger partial charge in [-0.1, -0.05) is 13.0 Å². The molecule has 0 bridgehead atoms. The van der Waals surface area contributed by atoms with E-state index in [0.29, 0.717) is 22.9 Å². The van der Waals surface area contributed by atoms with Crippen LogP contribution in [0.3, 0.4) is 0 Å². The molecule has 0 saturated heterocycles. The van der Waals surface area contributed by atoms with Gasteiger partial charge >= 0.3 is 5.97 Å². The topological polar surface area (TPSA) is 86.8 Å². The Labute approximate surface area is 182 Å². The van der Waals surface area contributed by atoms with E-state index in [-0.39, 0.29) is 24.5 Å². The molecule has 9 heteroatoms. The first-order valence-electron chi connectivity index (χ1n) is 9.22. The molecule has 0 saturated carbocycles. The number of benzene rings is 1. The highest BCUT2D eigenvalue weighted by Crippen LogP contribution is 2.34. The van der Waals surface area contributed by atoms with Crippen LogP contribution in [0, 0.1) is 0 Å². The zero-order chi connectivity index (χ0) is 21.5. The number of anilines is 1. The van der Waals surface area contributed by atoms with E-state index in [1.165, 1.54) is 43.0 Å². The van der Waals surface area contributed by atoms with E-state index in [0.717, 1.165) is 16.3 Å². The van der Waals surface area contributed by atoms with Crippen molar-refractivity contribution in [3.05, 3.63) is 56.2 Å². The fourth-order valence-corrected chi connectivity index (χ4v) is 4.14. The van der Waals surface area contributed by atoms with Gasteiger partial charge in [0.2, 0.25) is 5.91 Å². The number of carbonyl (C=O) groups is 2. The first-order chi connectivity index (χ1) is 14.5. The SMILES string of the molecule is CCc1nc(COC(=O)c2cc(OC)c(OC)cc2NC(=O)Cc2cccs2)cs1. The van der Waals surface area contributed by atoms with Gasteiger partial charge in [0, 0.05) is 22.4 Å². The average molecular weight is 447 g/mol. The number of rotatable bonds is 9. The third-order valence-electron chi connectivity index (χ3n) is 4.19. The molecule has 0 spiro atoms. The van der Waals surface area contributed by atoms with E-state index >= 15 is 0 Å². The highest BCUT2D eigenvalue weighted by atomic mass is 32.1. The normalized spacial score (nSPS) is 10.5. The molecule has 0 radical (unpaired) electrons. The Morgan fingerprint density at radius 1 is 1.13 bits per heavy atom. The third kappa shape index (κ3) is 5.37. The average Bonchev–Trinajstić information content (AvgIpc) is 3.43. The minimum atomic E-state index is -0.589. The van der Waals surface area contributed by atoms with E-state index in [2.05, 4.69) is 10.3 Å². The number of aromatic nitrogens is 1. The van der Waals surface area contributed by atoms with Gasteiger partial charge in [-0.15, -0.1) is 22.7 Å². The number of aryl methyl sites for hydroxylation is 1. The minimum absolute atomic E-state index is 0.0479. The van der Waals surface area contributed by atoms with Crippen molar-refractivity contribution >= 4 is 40.2 Å². The van der Waals surface area contributed by atoms with Gasteiger partial charge in [-0.05, 0) is 17.9 Å². The molecule has 0 aliphatic heterocycles. The van der Waals surface area contributed by atoms with Gasteiger partial charge < -0.3 is 19.5 Å². The van der Waals surface area contributed by atoms with Crippen LogP contribution in [-0.4, -0.2) is 31.1 Å². The van der Waals surface area contributed by atoms with Crippen molar-refractivity contribution in [3.8, 4) is 11.5 Å². The number of methoxy groups -OCH3 is 2. The lowest BCUT2D eigenvalue weighted by Gasteiger charge is -2.15. The molecule has 1 amide bonds. The molecule has 0 atom stereocenters. The second-order valence-corrected chi connectivity index (χ2v) is 8.19. The van der Waals surface area contributed by atoms with Crippen molar-refractivity contribution in [1.29, 1.82) is 0 Å². The number of nitrogens with one attached hydrogen (secondary N) is 1. The standard InChI is InChI=1S/C21H22N2O5S2/c1-4-20-22-13(12-30-20)11-28-21(25)15-9-17(26-2)18(27-3)10-16(15)23-19(24)8-14-6-5-7-29-14/h5-7,9-10,12H,4,8,11H2,1-3H3,(H,23,24). The maximum absolute atomic E-state index is 12.8. The van der Waals surface area contributed by atoms with Gasteiger partial charge in [0.1, 0.15) is 6.61 Å². The quantitative estimate of drug-likeness (QED) is 0.493. The molecule has 158 valence electrons. The van der Waals surface area contributed by atoms with Gasteiger partial charge in [0.05, 0.1) is 42.6 Å². The fourth-order valence-electron chi connectivity index (χ4n) is 2.71. The number of nitrogens with zero attached hydrogens (tertiary/aromatic N) is 1. The molecule has 0 aliphatic carbocycles. The summed E-state index contributed by atoms with van der Waals surface area (Å²) in [7, 11) is 2.96. The summed E-state index contributed by atoms with van der Waals surface area (Å²) < 4.78 is 16.0. The molecule has 0 unspecified atom stereocenters. The number of amides is 1. The number of carbonyl (C=O) groups excluding carboxylic acids is 2. The van der Waals surface area contributed by atoms with E-state index < -0.39 is 5.97 Å². The van der Waals surface area contributed by atoms with Crippen LogP contribution in [0.25, 0.3) is 0 Å². The number of thiazole rings is 1. The maximum Gasteiger partial charge on any atom is 0.340 e. The van der Waals surface area contributed by atoms with Crippen LogP contribution in [0.4, 0.5) is 5.69 Å². The number of hydrogen-bond donors (Lipinski definition) is 1. The molecule has 0 aliphatic rings. The molecule has 0 fully saturated rings. The Morgan fingerprint density at radius 3 is 2.53 bits per heavy atom. The summed E-state index contributed by atoms with van der Waals surface area (Å²) in [6.45, 7) is 2.07. The van der Waals surface area contributed by atoms with Gasteiger partial charge in [-0.25, -0.2) is 9.78 Å². The largest absolute Gasteiger partial charge is 0.493 e. The predicted molar refractivity (Wildman–Crippen MR) is 117 cm³/mol. The molecule has 1 aromatic carbocycles. The molecular formula is C21H22N2O5S2. The summed E-state index contributed by atoms with van der Waals surface area (Å²) >= 11 is 3.02. The van der Waals surface area contributed by atoms with Crippen molar-refractivity contribution in [1.82, 2.24) is 4.98 Å². The van der Waals surface area contributed by atoms with E-state index in [9.17, 15) is 9.59 Å². The maximum atomic E-state index is 12.8. The Bertz CT molecular complexity index is 1010. The van der Waals surface area contributed by atoms with Crippen LogP contribution in [0.1, 0.15) is 32.9 Å². The number of esters is 1. The van der Waals surface area contributed by atoms with E-state index in [1.54, 1.807) is 6.07 Å². The van der Waals surface area contributed by atoms with Gasteiger partial charge in [0.15, 0.2) is 11.5 Å². The Balaban J connectivity index is 1.80. The van der Waals surface area contributed by atoms with Crippen molar-refractivity contribution in [2.45, 2.75) is 26.4 Å².